The Kier molecular flexibility index (Phi) is 8.95. The highest BCUT2D eigenvalue weighted by atomic mass is 35.5. The van der Waals surface area contributed by atoms with E-state index in [-0.39, 0.29) is 17.1 Å². The van der Waals surface area contributed by atoms with E-state index in [2.05, 4.69) is 37.9 Å². The Hall–Kier alpha value is -2.60. The molecule has 6 nitrogen and oxygen atoms in total. The topological polar surface area (TPSA) is 77.2 Å². The number of aryl methyl sites for hydroxylation is 1. The van der Waals surface area contributed by atoms with E-state index in [9.17, 15) is 9.90 Å². The van der Waals surface area contributed by atoms with Crippen LogP contribution in [0.1, 0.15) is 83.8 Å². The lowest BCUT2D eigenvalue weighted by atomic mass is 9.82. The number of unbranched alkanes of at least 4 members (excludes halogenated alkanes) is 5. The lowest BCUT2D eigenvalue weighted by Gasteiger charge is -2.23. The van der Waals surface area contributed by atoms with Crippen LogP contribution in [-0.4, -0.2) is 32.2 Å². The van der Waals surface area contributed by atoms with Gasteiger partial charge in [-0.1, -0.05) is 82.3 Å². The molecule has 1 aromatic heterocycles. The molecule has 0 saturated heterocycles. The van der Waals surface area contributed by atoms with Crippen LogP contribution in [0.4, 0.5) is 0 Å². The summed E-state index contributed by atoms with van der Waals surface area (Å²) in [7, 11) is 0. The molecule has 0 radical (unpaired) electrons. The standard InChI is InChI=1S/C27H36ClN3O3/c1-5-6-7-8-9-10-16-34-24(32)15-14-19-17-21(26(33)22(18-19)27(2,3)4)20-12-11-13-23-25(20)30-31(28)29-23/h11-13,17-18,33H,5-10,14-16H2,1-4H3. The van der Waals surface area contributed by atoms with Crippen LogP contribution < -0.4 is 0 Å². The van der Waals surface area contributed by atoms with Gasteiger partial charge in [-0.15, -0.1) is 10.2 Å². The molecule has 0 aliphatic carbocycles. The van der Waals surface area contributed by atoms with Crippen molar-refractivity contribution in [1.29, 1.82) is 0 Å². The summed E-state index contributed by atoms with van der Waals surface area (Å²) in [5, 5.41) is 19.6. The minimum absolute atomic E-state index is 0.187. The van der Waals surface area contributed by atoms with E-state index in [1.807, 2.05) is 30.3 Å². The number of benzene rings is 2. The van der Waals surface area contributed by atoms with Gasteiger partial charge in [0.15, 0.2) is 0 Å². The Morgan fingerprint density at radius 2 is 1.79 bits per heavy atom. The zero-order valence-corrected chi connectivity index (χ0v) is 21.5. The number of rotatable bonds is 11. The van der Waals surface area contributed by atoms with Crippen LogP contribution in [0.15, 0.2) is 30.3 Å². The summed E-state index contributed by atoms with van der Waals surface area (Å²) in [6.07, 6.45) is 7.78. The van der Waals surface area contributed by atoms with Gasteiger partial charge in [0.05, 0.1) is 18.4 Å². The molecule has 7 heteroatoms. The van der Waals surface area contributed by atoms with E-state index in [1.165, 1.54) is 25.7 Å². The number of fused-ring (bicyclic) bond motifs is 1. The summed E-state index contributed by atoms with van der Waals surface area (Å²) in [4.78, 5) is 12.3. The first-order chi connectivity index (χ1) is 16.2. The number of hydrogen-bond donors (Lipinski definition) is 1. The van der Waals surface area contributed by atoms with Crippen molar-refractivity contribution >= 4 is 28.8 Å². The molecule has 0 amide bonds. The number of hydrogen-bond acceptors (Lipinski definition) is 5. The monoisotopic (exact) mass is 485 g/mol. The first-order valence-electron chi connectivity index (χ1n) is 12.2. The Morgan fingerprint density at radius 3 is 2.53 bits per heavy atom. The molecule has 34 heavy (non-hydrogen) atoms. The zero-order valence-electron chi connectivity index (χ0n) is 20.7. The quantitative estimate of drug-likeness (QED) is 0.235. The van der Waals surface area contributed by atoms with Gasteiger partial charge in [0.2, 0.25) is 0 Å². The Bertz CT molecular complexity index is 1120. The largest absolute Gasteiger partial charge is 0.507 e. The first-order valence-corrected chi connectivity index (χ1v) is 12.6. The van der Waals surface area contributed by atoms with E-state index >= 15 is 0 Å². The van der Waals surface area contributed by atoms with E-state index in [4.69, 9.17) is 16.5 Å². The maximum absolute atomic E-state index is 12.3. The van der Waals surface area contributed by atoms with Gasteiger partial charge >= 0.3 is 5.97 Å². The maximum Gasteiger partial charge on any atom is 0.306 e. The summed E-state index contributed by atoms with van der Waals surface area (Å²) >= 11 is 5.97. The third-order valence-corrected chi connectivity index (χ3v) is 6.19. The van der Waals surface area contributed by atoms with Crippen LogP contribution in [0.3, 0.4) is 0 Å². The number of halogens is 1. The molecule has 2 aromatic carbocycles. The molecule has 184 valence electrons. The predicted octanol–water partition coefficient (Wildman–Crippen LogP) is 6.94. The van der Waals surface area contributed by atoms with Gasteiger partial charge in [0.1, 0.15) is 16.8 Å². The number of esters is 1. The maximum atomic E-state index is 12.3. The van der Waals surface area contributed by atoms with Gasteiger partial charge in [0.25, 0.3) is 0 Å². The average Bonchev–Trinajstić information content (AvgIpc) is 3.17. The summed E-state index contributed by atoms with van der Waals surface area (Å²) in [6.45, 7) is 8.85. The molecule has 0 atom stereocenters. The number of carbonyl (C=O) groups is 1. The third-order valence-electron chi connectivity index (χ3n) is 6.03. The second kappa shape index (κ2) is 11.7. The van der Waals surface area contributed by atoms with Crippen molar-refractivity contribution in [2.24, 2.45) is 0 Å². The first kappa shape index (κ1) is 26.0. The second-order valence-electron chi connectivity index (χ2n) is 9.89. The van der Waals surface area contributed by atoms with Gasteiger partial charge in [0, 0.05) is 23.1 Å². The SMILES string of the molecule is CCCCCCCCOC(=O)CCc1cc(-c2cccc3nn(Cl)nc23)c(O)c(C(C)(C)C)c1. The van der Waals surface area contributed by atoms with Gasteiger partial charge in [-0.05, 0) is 36.0 Å². The van der Waals surface area contributed by atoms with Crippen molar-refractivity contribution in [3.05, 3.63) is 41.5 Å². The van der Waals surface area contributed by atoms with Crippen LogP contribution in [-0.2, 0) is 21.4 Å². The molecule has 3 aromatic rings. The molecule has 0 bridgehead atoms. The van der Waals surface area contributed by atoms with Crippen LogP contribution in [0.2, 0.25) is 0 Å². The van der Waals surface area contributed by atoms with Crippen LogP contribution in [0.25, 0.3) is 22.2 Å². The molecule has 0 unspecified atom stereocenters. The molecule has 1 heterocycles. The molecule has 0 saturated carbocycles. The molecule has 0 fully saturated rings. The highest BCUT2D eigenvalue weighted by Gasteiger charge is 2.23. The van der Waals surface area contributed by atoms with E-state index in [0.717, 1.165) is 33.8 Å². The van der Waals surface area contributed by atoms with Gasteiger partial charge in [-0.3, -0.25) is 4.79 Å². The summed E-state index contributed by atoms with van der Waals surface area (Å²) in [5.41, 5.74) is 4.16. The minimum atomic E-state index is -0.287. The minimum Gasteiger partial charge on any atom is -0.507 e. The smallest absolute Gasteiger partial charge is 0.306 e. The lowest BCUT2D eigenvalue weighted by Crippen LogP contribution is -2.13. The van der Waals surface area contributed by atoms with Gasteiger partial charge in [-0.2, -0.15) is 0 Å². The Morgan fingerprint density at radius 1 is 1.06 bits per heavy atom. The number of aromatic hydroxyl groups is 1. The normalized spacial score (nSPS) is 11.8. The zero-order chi connectivity index (χ0) is 24.7. The van der Waals surface area contributed by atoms with Crippen molar-refractivity contribution in [2.45, 2.75) is 84.5 Å². The van der Waals surface area contributed by atoms with Crippen molar-refractivity contribution in [3.8, 4) is 16.9 Å². The van der Waals surface area contributed by atoms with E-state index < -0.39 is 0 Å². The molecule has 0 aliphatic heterocycles. The molecule has 0 aliphatic rings. The molecule has 1 N–H and O–H groups in total. The lowest BCUT2D eigenvalue weighted by molar-refractivity contribution is -0.143. The number of phenolic OH excluding ortho intramolecular Hbond substituents is 1. The average molecular weight is 486 g/mol. The number of aromatic nitrogens is 3. The molecule has 3 rings (SSSR count). The fourth-order valence-electron chi connectivity index (χ4n) is 4.13. The molecular weight excluding hydrogens is 450 g/mol. The fraction of sp³-hybridized carbons (Fsp3) is 0.519. The van der Waals surface area contributed by atoms with Gasteiger partial charge < -0.3 is 9.84 Å². The van der Waals surface area contributed by atoms with Crippen LogP contribution in [0, 0.1) is 0 Å². The third kappa shape index (κ3) is 6.72. The highest BCUT2D eigenvalue weighted by molar-refractivity contribution is 6.14. The predicted molar refractivity (Wildman–Crippen MR) is 137 cm³/mol. The van der Waals surface area contributed by atoms with Crippen LogP contribution >= 0.6 is 11.8 Å². The number of nitrogens with zero attached hydrogens (tertiary/aromatic N) is 3. The number of ether oxygens (including phenoxy) is 1. The van der Waals surface area contributed by atoms with Crippen LogP contribution in [0.5, 0.6) is 5.75 Å². The van der Waals surface area contributed by atoms with E-state index in [1.54, 1.807) is 0 Å². The summed E-state index contributed by atoms with van der Waals surface area (Å²) in [5.74, 6) is 0.0196. The fourth-order valence-corrected chi connectivity index (χ4v) is 4.29. The number of carbonyl (C=O) groups excluding carboxylic acids is 1. The van der Waals surface area contributed by atoms with Crippen molar-refractivity contribution in [2.75, 3.05) is 6.61 Å². The van der Waals surface area contributed by atoms with Crippen molar-refractivity contribution in [3.63, 3.8) is 0 Å². The highest BCUT2D eigenvalue weighted by Crippen LogP contribution is 2.41. The second-order valence-corrected chi connectivity index (χ2v) is 10.2. The van der Waals surface area contributed by atoms with Crippen molar-refractivity contribution < 1.29 is 14.6 Å². The summed E-state index contributed by atoms with van der Waals surface area (Å²) in [6, 6.07) is 9.50. The number of phenols is 1. The molecular formula is C27H36ClN3O3. The molecule has 0 spiro atoms. The van der Waals surface area contributed by atoms with Gasteiger partial charge in [-0.25, -0.2) is 0 Å². The summed E-state index contributed by atoms with van der Waals surface area (Å²) < 4.78 is 6.46. The Balaban J connectivity index is 1.75. The Labute approximate surface area is 207 Å². The van der Waals surface area contributed by atoms with E-state index in [0.29, 0.717) is 36.0 Å². The van der Waals surface area contributed by atoms with Crippen molar-refractivity contribution in [1.82, 2.24) is 14.5 Å².